The molecule has 8 nitrogen and oxygen atoms in total. The summed E-state index contributed by atoms with van der Waals surface area (Å²) < 4.78 is 4.93. The molecule has 0 unspecified atom stereocenters. The molecule has 0 bridgehead atoms. The van der Waals surface area contributed by atoms with Gasteiger partial charge in [0.2, 0.25) is 11.8 Å². The minimum Gasteiger partial charge on any atom is -0.459 e. The number of benzene rings is 1. The number of furan rings is 1. The zero-order valence-corrected chi connectivity index (χ0v) is 16.4. The largest absolute Gasteiger partial charge is 0.459 e. The summed E-state index contributed by atoms with van der Waals surface area (Å²) in [6.45, 7) is 3.96. The van der Waals surface area contributed by atoms with E-state index in [1.165, 1.54) is 25.2 Å². The lowest BCUT2D eigenvalue weighted by Gasteiger charge is -2.32. The van der Waals surface area contributed by atoms with Crippen molar-refractivity contribution in [3.8, 4) is 0 Å². The first-order valence-electron chi connectivity index (χ1n) is 9.74. The Morgan fingerprint density at radius 3 is 2.34 bits per heavy atom. The van der Waals surface area contributed by atoms with Crippen LogP contribution in [0.4, 0.5) is 11.4 Å². The number of carbonyl (C=O) groups is 3. The minimum atomic E-state index is -0.488. The molecular weight excluding hydrogens is 372 g/mol. The van der Waals surface area contributed by atoms with Gasteiger partial charge in [-0.25, -0.2) is 0 Å². The van der Waals surface area contributed by atoms with Crippen LogP contribution in [0.5, 0.6) is 0 Å². The summed E-state index contributed by atoms with van der Waals surface area (Å²) in [4.78, 5) is 37.8. The van der Waals surface area contributed by atoms with E-state index in [9.17, 15) is 14.4 Å². The smallest absolute Gasteiger partial charge is 0.287 e. The summed E-state index contributed by atoms with van der Waals surface area (Å²) in [5.41, 5.74) is 1.82. The number of nitrogens with zero attached hydrogens (tertiary/aromatic N) is 1. The second kappa shape index (κ2) is 9.77. The van der Waals surface area contributed by atoms with Crippen LogP contribution in [0, 0.1) is 5.92 Å². The number of anilines is 2. The Morgan fingerprint density at radius 1 is 1.00 bits per heavy atom. The number of rotatable bonds is 7. The van der Waals surface area contributed by atoms with Crippen LogP contribution in [0.25, 0.3) is 0 Å². The lowest BCUT2D eigenvalue weighted by Crippen LogP contribution is -2.40. The van der Waals surface area contributed by atoms with Crippen molar-refractivity contribution in [1.29, 1.82) is 0 Å². The van der Waals surface area contributed by atoms with Gasteiger partial charge in [0.1, 0.15) is 0 Å². The Hall–Kier alpha value is -3.29. The summed E-state index contributed by atoms with van der Waals surface area (Å²) in [7, 11) is 0. The predicted octanol–water partition coefficient (Wildman–Crippen LogP) is 2.00. The van der Waals surface area contributed by atoms with Crippen LogP contribution in [0.1, 0.15) is 30.3 Å². The average molecular weight is 398 g/mol. The lowest BCUT2D eigenvalue weighted by atomic mass is 9.99. The van der Waals surface area contributed by atoms with Crippen LogP contribution in [-0.2, 0) is 9.59 Å². The molecule has 8 heteroatoms. The number of amides is 3. The monoisotopic (exact) mass is 398 g/mol. The highest BCUT2D eigenvalue weighted by Gasteiger charge is 2.16. The molecule has 0 atom stereocenters. The first kappa shape index (κ1) is 20.4. The van der Waals surface area contributed by atoms with Crippen LogP contribution in [0.3, 0.4) is 0 Å². The Morgan fingerprint density at radius 2 is 1.69 bits per heavy atom. The molecular formula is C21H26N4O4. The maximum absolute atomic E-state index is 12.0. The predicted molar refractivity (Wildman–Crippen MR) is 110 cm³/mol. The van der Waals surface area contributed by atoms with Crippen molar-refractivity contribution >= 4 is 29.1 Å². The second-order valence-corrected chi connectivity index (χ2v) is 7.20. The van der Waals surface area contributed by atoms with Crippen molar-refractivity contribution < 1.29 is 18.8 Å². The van der Waals surface area contributed by atoms with E-state index in [0.717, 1.165) is 24.7 Å². The van der Waals surface area contributed by atoms with E-state index in [1.807, 2.05) is 24.3 Å². The fraction of sp³-hybridized carbons (Fsp3) is 0.381. The highest BCUT2D eigenvalue weighted by atomic mass is 16.3. The van der Waals surface area contributed by atoms with Crippen molar-refractivity contribution in [1.82, 2.24) is 10.6 Å². The number of carbonyl (C=O) groups excluding carboxylic acids is 3. The third-order valence-electron chi connectivity index (χ3n) is 4.90. The molecule has 1 saturated heterocycles. The van der Waals surface area contributed by atoms with E-state index in [2.05, 4.69) is 27.8 Å². The molecule has 1 aliphatic rings. The zero-order chi connectivity index (χ0) is 20.6. The van der Waals surface area contributed by atoms with Crippen LogP contribution in [-0.4, -0.2) is 43.9 Å². The third kappa shape index (κ3) is 6.10. The van der Waals surface area contributed by atoms with E-state index in [-0.39, 0.29) is 24.8 Å². The van der Waals surface area contributed by atoms with E-state index in [4.69, 9.17) is 4.42 Å². The molecule has 0 radical (unpaired) electrons. The molecule has 3 amide bonds. The summed E-state index contributed by atoms with van der Waals surface area (Å²) in [5.74, 6) is -0.389. The van der Waals surface area contributed by atoms with Gasteiger partial charge in [-0.2, -0.15) is 0 Å². The molecule has 3 rings (SSSR count). The standard InChI is InChI=1S/C21H26N4O4/c1-15-8-10-25(11-9-15)17-6-4-16(5-7-17)24-20(27)14-22-19(26)13-23-21(28)18-3-2-12-29-18/h2-7,12,15H,8-11,13-14H2,1H3,(H,22,26)(H,23,28)(H,24,27). The molecule has 29 heavy (non-hydrogen) atoms. The lowest BCUT2D eigenvalue weighted by molar-refractivity contribution is -0.123. The van der Waals surface area contributed by atoms with Crippen molar-refractivity contribution in [3.63, 3.8) is 0 Å². The molecule has 154 valence electrons. The fourth-order valence-electron chi connectivity index (χ4n) is 3.12. The van der Waals surface area contributed by atoms with Gasteiger partial charge in [0.15, 0.2) is 5.76 Å². The van der Waals surface area contributed by atoms with Crippen molar-refractivity contribution in [2.45, 2.75) is 19.8 Å². The maximum atomic E-state index is 12.0. The van der Waals surface area contributed by atoms with Crippen LogP contribution >= 0.6 is 0 Å². The van der Waals surface area contributed by atoms with Gasteiger partial charge in [-0.1, -0.05) is 6.92 Å². The van der Waals surface area contributed by atoms with Crippen molar-refractivity contribution in [2.24, 2.45) is 5.92 Å². The van der Waals surface area contributed by atoms with Crippen molar-refractivity contribution in [2.75, 3.05) is 36.4 Å². The molecule has 2 heterocycles. The summed E-state index contributed by atoms with van der Waals surface area (Å²) in [6.07, 6.45) is 3.76. The number of piperidine rings is 1. The van der Waals surface area contributed by atoms with Crippen LogP contribution in [0.15, 0.2) is 47.1 Å². The molecule has 1 aromatic heterocycles. The van der Waals surface area contributed by atoms with Gasteiger partial charge in [0, 0.05) is 24.5 Å². The van der Waals surface area contributed by atoms with Gasteiger partial charge in [-0.15, -0.1) is 0 Å². The zero-order valence-electron chi connectivity index (χ0n) is 16.4. The molecule has 0 aliphatic carbocycles. The number of nitrogens with one attached hydrogen (secondary N) is 3. The number of hydrogen-bond donors (Lipinski definition) is 3. The quantitative estimate of drug-likeness (QED) is 0.662. The fourth-order valence-corrected chi connectivity index (χ4v) is 3.12. The molecule has 0 spiro atoms. The van der Waals surface area contributed by atoms with Crippen LogP contribution in [0.2, 0.25) is 0 Å². The highest BCUT2D eigenvalue weighted by Crippen LogP contribution is 2.24. The molecule has 0 saturated carbocycles. The molecule has 1 fully saturated rings. The topological polar surface area (TPSA) is 104 Å². The van der Waals surface area contributed by atoms with Gasteiger partial charge in [-0.05, 0) is 55.2 Å². The summed E-state index contributed by atoms with van der Waals surface area (Å²) >= 11 is 0. The SMILES string of the molecule is CC1CCN(c2ccc(NC(=O)CNC(=O)CNC(=O)c3ccco3)cc2)CC1. The second-order valence-electron chi connectivity index (χ2n) is 7.20. The van der Waals surface area contributed by atoms with E-state index in [1.54, 1.807) is 6.07 Å². The average Bonchev–Trinajstić information content (AvgIpc) is 3.27. The van der Waals surface area contributed by atoms with Gasteiger partial charge >= 0.3 is 0 Å². The van der Waals surface area contributed by atoms with E-state index in [0.29, 0.717) is 5.69 Å². The maximum Gasteiger partial charge on any atom is 0.287 e. The number of hydrogen-bond acceptors (Lipinski definition) is 5. The van der Waals surface area contributed by atoms with Crippen molar-refractivity contribution in [3.05, 3.63) is 48.4 Å². The highest BCUT2D eigenvalue weighted by molar-refractivity contribution is 5.96. The van der Waals surface area contributed by atoms with Crippen LogP contribution < -0.4 is 20.9 Å². The molecule has 1 aromatic carbocycles. The van der Waals surface area contributed by atoms with E-state index >= 15 is 0 Å². The Balaban J connectivity index is 1.37. The van der Waals surface area contributed by atoms with Gasteiger partial charge < -0.3 is 25.3 Å². The van der Waals surface area contributed by atoms with Gasteiger partial charge in [0.25, 0.3) is 5.91 Å². The first-order chi connectivity index (χ1) is 14.0. The van der Waals surface area contributed by atoms with Gasteiger partial charge in [-0.3, -0.25) is 14.4 Å². The normalized spacial score (nSPS) is 14.3. The van der Waals surface area contributed by atoms with Gasteiger partial charge in [0.05, 0.1) is 19.4 Å². The molecule has 2 aromatic rings. The minimum absolute atomic E-state index is 0.123. The summed E-state index contributed by atoms with van der Waals surface area (Å²) in [6, 6.07) is 10.8. The Labute approximate surface area is 169 Å². The Kier molecular flexibility index (Phi) is 6.89. The molecule has 3 N–H and O–H groups in total. The summed E-state index contributed by atoms with van der Waals surface area (Å²) in [5, 5.41) is 7.63. The first-order valence-corrected chi connectivity index (χ1v) is 9.74. The van der Waals surface area contributed by atoms with E-state index < -0.39 is 11.8 Å². The third-order valence-corrected chi connectivity index (χ3v) is 4.90. The molecule has 1 aliphatic heterocycles. The Bertz CT molecular complexity index is 825.